The number of ether oxygens (including phenoxy) is 1. The highest BCUT2D eigenvalue weighted by Gasteiger charge is 2.22. The summed E-state index contributed by atoms with van der Waals surface area (Å²) in [6.45, 7) is 1.72. The molecule has 0 saturated heterocycles. The van der Waals surface area contributed by atoms with Crippen LogP contribution in [0.25, 0.3) is 0 Å². The zero-order valence-corrected chi connectivity index (χ0v) is 12.6. The zero-order valence-electron chi connectivity index (χ0n) is 11.8. The van der Waals surface area contributed by atoms with E-state index in [4.69, 9.17) is 4.74 Å². The van der Waals surface area contributed by atoms with Crippen molar-refractivity contribution < 1.29 is 23.2 Å². The number of hydrogen-bond acceptors (Lipinski definition) is 6. The van der Waals surface area contributed by atoms with Gasteiger partial charge in [-0.15, -0.1) is 0 Å². The summed E-state index contributed by atoms with van der Waals surface area (Å²) in [7, 11) is -2.66. The van der Waals surface area contributed by atoms with Gasteiger partial charge in [-0.25, -0.2) is 13.1 Å². The van der Waals surface area contributed by atoms with E-state index in [1.807, 2.05) is 6.92 Å². The Balaban J connectivity index is 2.98. The molecule has 0 bridgehead atoms. The van der Waals surface area contributed by atoms with Crippen LogP contribution >= 0.6 is 0 Å². The first-order valence-electron chi connectivity index (χ1n) is 6.32. The van der Waals surface area contributed by atoms with Crippen LogP contribution in [-0.2, 0) is 10.0 Å². The van der Waals surface area contributed by atoms with Crippen molar-refractivity contribution in [2.45, 2.75) is 30.8 Å². The molecule has 118 valence electrons. The third-order valence-corrected chi connectivity index (χ3v) is 4.21. The molecule has 1 unspecified atom stereocenters. The molecule has 0 heterocycles. The minimum absolute atomic E-state index is 0.0232. The van der Waals surface area contributed by atoms with E-state index in [2.05, 4.69) is 4.72 Å². The summed E-state index contributed by atoms with van der Waals surface area (Å²) >= 11 is 0. The summed E-state index contributed by atoms with van der Waals surface area (Å²) < 4.78 is 31.1. The van der Waals surface area contributed by atoms with Crippen molar-refractivity contribution in [3.05, 3.63) is 28.3 Å². The Bertz CT molecular complexity index is 602. The molecule has 0 amide bonds. The van der Waals surface area contributed by atoms with Crippen LogP contribution in [0.2, 0.25) is 0 Å². The second-order valence-corrected chi connectivity index (χ2v) is 6.15. The topological polar surface area (TPSA) is 119 Å². The van der Waals surface area contributed by atoms with E-state index in [0.29, 0.717) is 6.42 Å². The molecule has 2 N–H and O–H groups in total. The molecular weight excluding hydrogens is 300 g/mol. The molecule has 21 heavy (non-hydrogen) atoms. The van der Waals surface area contributed by atoms with Crippen molar-refractivity contribution >= 4 is 15.7 Å². The highest BCUT2D eigenvalue weighted by Crippen LogP contribution is 2.29. The summed E-state index contributed by atoms with van der Waals surface area (Å²) in [5.74, 6) is -0.0232. The minimum atomic E-state index is -3.92. The molecule has 1 rings (SSSR count). The monoisotopic (exact) mass is 318 g/mol. The molecular formula is C12H18N2O6S. The van der Waals surface area contributed by atoms with E-state index in [1.165, 1.54) is 19.2 Å². The molecule has 0 aliphatic heterocycles. The fourth-order valence-corrected chi connectivity index (χ4v) is 2.80. The average molecular weight is 318 g/mol. The SMILES string of the molecule is CCCC(O)CNS(=O)(=O)c1ccc(OC)c([N+](=O)[O-])c1. The van der Waals surface area contributed by atoms with Crippen LogP contribution in [0.4, 0.5) is 5.69 Å². The van der Waals surface area contributed by atoms with Crippen LogP contribution in [0, 0.1) is 10.1 Å². The smallest absolute Gasteiger partial charge is 0.312 e. The Hall–Kier alpha value is -1.71. The lowest BCUT2D eigenvalue weighted by Crippen LogP contribution is -2.32. The van der Waals surface area contributed by atoms with E-state index in [0.717, 1.165) is 12.5 Å². The number of nitro benzene ring substituents is 1. The first kappa shape index (κ1) is 17.3. The third-order valence-electron chi connectivity index (χ3n) is 2.79. The summed E-state index contributed by atoms with van der Waals surface area (Å²) in [6.07, 6.45) is 0.389. The second-order valence-electron chi connectivity index (χ2n) is 4.39. The van der Waals surface area contributed by atoms with Crippen LogP contribution < -0.4 is 9.46 Å². The molecule has 0 radical (unpaired) electrons. The third kappa shape index (κ3) is 4.66. The summed E-state index contributed by atoms with van der Waals surface area (Å²) in [5.41, 5.74) is -0.436. The van der Waals surface area contributed by atoms with Crippen LogP contribution in [0.5, 0.6) is 5.75 Å². The first-order chi connectivity index (χ1) is 9.81. The molecule has 8 nitrogen and oxygen atoms in total. The maximum Gasteiger partial charge on any atom is 0.312 e. The zero-order chi connectivity index (χ0) is 16.0. The quantitative estimate of drug-likeness (QED) is 0.546. The molecule has 9 heteroatoms. The lowest BCUT2D eigenvalue weighted by molar-refractivity contribution is -0.386. The number of nitrogens with one attached hydrogen (secondary N) is 1. The number of rotatable bonds is 8. The van der Waals surface area contributed by atoms with Crippen molar-refractivity contribution in [1.82, 2.24) is 4.72 Å². The van der Waals surface area contributed by atoms with Crippen LogP contribution in [0.15, 0.2) is 23.1 Å². The predicted octanol–water partition coefficient (Wildman–Crippen LogP) is 1.04. The molecule has 0 fully saturated rings. The van der Waals surface area contributed by atoms with Crippen molar-refractivity contribution in [1.29, 1.82) is 0 Å². The summed E-state index contributed by atoms with van der Waals surface area (Å²) in [4.78, 5) is 9.91. The fourth-order valence-electron chi connectivity index (χ4n) is 1.70. The number of benzene rings is 1. The number of sulfonamides is 1. The van der Waals surface area contributed by atoms with Gasteiger partial charge in [-0.05, 0) is 18.6 Å². The predicted molar refractivity (Wildman–Crippen MR) is 75.8 cm³/mol. The average Bonchev–Trinajstić information content (AvgIpc) is 2.44. The molecule has 1 aromatic carbocycles. The van der Waals surface area contributed by atoms with Crippen molar-refractivity contribution in [3.8, 4) is 5.75 Å². The first-order valence-corrected chi connectivity index (χ1v) is 7.80. The lowest BCUT2D eigenvalue weighted by atomic mass is 10.2. The number of aliphatic hydroxyl groups is 1. The standard InChI is InChI=1S/C12H18N2O6S/c1-3-4-9(15)8-13-21(18,19)10-5-6-12(20-2)11(7-10)14(16)17/h5-7,9,13,15H,3-4,8H2,1-2H3. The molecule has 1 aromatic rings. The van der Waals surface area contributed by atoms with Gasteiger partial charge in [-0.3, -0.25) is 10.1 Å². The number of methoxy groups -OCH3 is 1. The van der Waals surface area contributed by atoms with Gasteiger partial charge >= 0.3 is 5.69 Å². The Morgan fingerprint density at radius 3 is 2.67 bits per heavy atom. The number of nitrogens with zero attached hydrogens (tertiary/aromatic N) is 1. The molecule has 0 saturated carbocycles. The number of aliphatic hydroxyl groups excluding tert-OH is 1. The van der Waals surface area contributed by atoms with Crippen molar-refractivity contribution in [2.24, 2.45) is 0 Å². The molecule has 1 atom stereocenters. The minimum Gasteiger partial charge on any atom is -0.490 e. The normalized spacial score (nSPS) is 12.9. The maximum absolute atomic E-state index is 12.0. The Morgan fingerprint density at radius 1 is 1.48 bits per heavy atom. The Kier molecular flexibility index (Phi) is 6.06. The van der Waals surface area contributed by atoms with Gasteiger partial charge in [0.1, 0.15) is 0 Å². The molecule has 0 spiro atoms. The summed E-state index contributed by atoms with van der Waals surface area (Å²) in [5, 5.41) is 20.4. The van der Waals surface area contributed by atoms with Crippen LogP contribution in [-0.4, -0.2) is 38.2 Å². The van der Waals surface area contributed by atoms with E-state index >= 15 is 0 Å². The lowest BCUT2D eigenvalue weighted by Gasteiger charge is -2.11. The van der Waals surface area contributed by atoms with Crippen molar-refractivity contribution in [2.75, 3.05) is 13.7 Å². The van der Waals surface area contributed by atoms with Crippen molar-refractivity contribution in [3.63, 3.8) is 0 Å². The van der Waals surface area contributed by atoms with E-state index < -0.39 is 26.7 Å². The van der Waals surface area contributed by atoms with Crippen LogP contribution in [0.1, 0.15) is 19.8 Å². The number of hydrogen-bond donors (Lipinski definition) is 2. The van der Waals surface area contributed by atoms with Crippen LogP contribution in [0.3, 0.4) is 0 Å². The summed E-state index contributed by atoms with van der Waals surface area (Å²) in [6, 6.07) is 3.35. The van der Waals surface area contributed by atoms with E-state index in [9.17, 15) is 23.6 Å². The fraction of sp³-hybridized carbons (Fsp3) is 0.500. The van der Waals surface area contributed by atoms with Gasteiger partial charge in [0.25, 0.3) is 0 Å². The second kappa shape index (κ2) is 7.34. The van der Waals surface area contributed by atoms with Gasteiger partial charge in [0.15, 0.2) is 5.75 Å². The molecule has 0 aliphatic rings. The van der Waals surface area contributed by atoms with Gasteiger partial charge in [-0.2, -0.15) is 0 Å². The highest BCUT2D eigenvalue weighted by atomic mass is 32.2. The molecule has 0 aromatic heterocycles. The Labute approximate surface area is 122 Å². The van der Waals surface area contributed by atoms with Gasteiger partial charge < -0.3 is 9.84 Å². The van der Waals surface area contributed by atoms with Gasteiger partial charge in [0, 0.05) is 12.6 Å². The number of nitro groups is 1. The van der Waals surface area contributed by atoms with Gasteiger partial charge in [-0.1, -0.05) is 13.3 Å². The van der Waals surface area contributed by atoms with Gasteiger partial charge in [0.2, 0.25) is 10.0 Å². The van der Waals surface area contributed by atoms with E-state index in [1.54, 1.807) is 0 Å². The molecule has 0 aliphatic carbocycles. The largest absolute Gasteiger partial charge is 0.490 e. The Morgan fingerprint density at radius 2 is 2.14 bits per heavy atom. The highest BCUT2D eigenvalue weighted by molar-refractivity contribution is 7.89. The van der Waals surface area contributed by atoms with Gasteiger partial charge in [0.05, 0.1) is 23.0 Å². The maximum atomic E-state index is 12.0. The van der Waals surface area contributed by atoms with E-state index in [-0.39, 0.29) is 17.2 Å².